The van der Waals surface area contributed by atoms with Gasteiger partial charge >= 0.3 is 0 Å². The van der Waals surface area contributed by atoms with E-state index in [1.54, 1.807) is 16.7 Å². The first kappa shape index (κ1) is 21.1. The lowest BCUT2D eigenvalue weighted by Gasteiger charge is -2.38. The Balaban J connectivity index is 1.57. The van der Waals surface area contributed by atoms with Crippen molar-refractivity contribution in [1.82, 2.24) is 14.5 Å². The van der Waals surface area contributed by atoms with E-state index in [9.17, 15) is 9.18 Å². The molecule has 6 heteroatoms. The number of hydrogen-bond donors (Lipinski definition) is 0. The highest BCUT2D eigenvalue weighted by molar-refractivity contribution is 5.58. The van der Waals surface area contributed by atoms with E-state index in [2.05, 4.69) is 17.0 Å². The Labute approximate surface area is 192 Å². The number of aromatic nitrogens is 2. The number of anilines is 2. The number of benzene rings is 3. The molecule has 0 aliphatic carbocycles. The topological polar surface area (TPSA) is 41.4 Å². The lowest BCUT2D eigenvalue weighted by Crippen LogP contribution is -2.47. The molecule has 2 heterocycles. The molecule has 1 aromatic heterocycles. The largest absolute Gasteiger partial charge is 0.298 e. The van der Waals surface area contributed by atoms with Crippen LogP contribution in [0.2, 0.25) is 0 Å². The van der Waals surface area contributed by atoms with Crippen LogP contribution >= 0.6 is 0 Å². The number of fused-ring (bicyclic) bond motifs is 1. The van der Waals surface area contributed by atoms with Crippen LogP contribution in [0, 0.1) is 12.7 Å². The molecule has 3 aromatic carbocycles. The fourth-order valence-electron chi connectivity index (χ4n) is 4.29. The zero-order valence-corrected chi connectivity index (χ0v) is 18.5. The van der Waals surface area contributed by atoms with Gasteiger partial charge in [0.15, 0.2) is 0 Å². The van der Waals surface area contributed by atoms with Gasteiger partial charge in [0.25, 0.3) is 5.56 Å². The van der Waals surface area contributed by atoms with E-state index in [-0.39, 0.29) is 11.4 Å². The van der Waals surface area contributed by atoms with E-state index in [0.29, 0.717) is 37.8 Å². The molecule has 0 saturated heterocycles. The van der Waals surface area contributed by atoms with Gasteiger partial charge in [-0.15, -0.1) is 0 Å². The molecule has 5 nitrogen and oxygen atoms in total. The maximum atomic E-state index is 13.7. The maximum Gasteiger partial charge on any atom is 0.259 e. The number of rotatable bonds is 5. The van der Waals surface area contributed by atoms with Crippen LogP contribution in [0.5, 0.6) is 0 Å². The summed E-state index contributed by atoms with van der Waals surface area (Å²) in [5, 5.41) is 0. The third-order valence-corrected chi connectivity index (χ3v) is 5.98. The Morgan fingerprint density at radius 2 is 1.48 bits per heavy atom. The highest BCUT2D eigenvalue weighted by Crippen LogP contribution is 2.28. The molecule has 4 aromatic rings. The summed E-state index contributed by atoms with van der Waals surface area (Å²) in [5.41, 5.74) is 4.42. The van der Waals surface area contributed by atoms with Crippen LogP contribution in [-0.2, 0) is 19.6 Å². The van der Waals surface area contributed by atoms with Crippen LogP contribution in [0.3, 0.4) is 0 Å². The number of hydrogen-bond acceptors (Lipinski definition) is 4. The van der Waals surface area contributed by atoms with Crippen LogP contribution in [-0.4, -0.2) is 21.1 Å². The molecule has 0 radical (unpaired) electrons. The SMILES string of the molecule is Cc1nc2n(c(=O)c1Cc1ccccc1)CN(Cc1ccccc1)CN2c1ccc(F)cc1. The van der Waals surface area contributed by atoms with Crippen molar-refractivity contribution in [3.8, 4) is 0 Å². The summed E-state index contributed by atoms with van der Waals surface area (Å²) in [6.07, 6.45) is 0.536. The fourth-order valence-corrected chi connectivity index (χ4v) is 4.29. The lowest BCUT2D eigenvalue weighted by atomic mass is 10.1. The third-order valence-electron chi connectivity index (χ3n) is 5.98. The van der Waals surface area contributed by atoms with Crippen LogP contribution in [0.15, 0.2) is 89.7 Å². The molecule has 0 amide bonds. The second-order valence-corrected chi connectivity index (χ2v) is 8.37. The molecular weight excluding hydrogens is 415 g/mol. The minimum absolute atomic E-state index is 0.0359. The first-order valence-corrected chi connectivity index (χ1v) is 11.0. The summed E-state index contributed by atoms with van der Waals surface area (Å²) < 4.78 is 15.3. The summed E-state index contributed by atoms with van der Waals surface area (Å²) in [5.74, 6) is 0.293. The monoisotopic (exact) mass is 440 g/mol. The molecule has 0 spiro atoms. The number of nitrogens with zero attached hydrogens (tertiary/aromatic N) is 4. The van der Waals surface area contributed by atoms with Crippen LogP contribution in [0.25, 0.3) is 0 Å². The first-order chi connectivity index (χ1) is 16.1. The van der Waals surface area contributed by atoms with Crippen LogP contribution < -0.4 is 10.5 Å². The molecule has 0 unspecified atom stereocenters. The quantitative estimate of drug-likeness (QED) is 0.445. The molecule has 0 atom stereocenters. The van der Waals surface area contributed by atoms with Gasteiger partial charge in [-0.25, -0.2) is 9.37 Å². The van der Waals surface area contributed by atoms with Crippen molar-refractivity contribution in [3.63, 3.8) is 0 Å². The summed E-state index contributed by atoms with van der Waals surface area (Å²) in [4.78, 5) is 22.7. The van der Waals surface area contributed by atoms with Gasteiger partial charge in [-0.1, -0.05) is 60.7 Å². The van der Waals surface area contributed by atoms with Gasteiger partial charge < -0.3 is 0 Å². The Hall–Kier alpha value is -3.77. The average Bonchev–Trinajstić information content (AvgIpc) is 2.84. The zero-order valence-electron chi connectivity index (χ0n) is 18.5. The van der Waals surface area contributed by atoms with E-state index in [4.69, 9.17) is 4.98 Å². The van der Waals surface area contributed by atoms with Gasteiger partial charge in [-0.3, -0.25) is 19.2 Å². The molecule has 1 aliphatic heterocycles. The number of halogens is 1. The maximum absolute atomic E-state index is 13.7. The van der Waals surface area contributed by atoms with E-state index in [0.717, 1.165) is 22.5 Å². The minimum Gasteiger partial charge on any atom is -0.298 e. The van der Waals surface area contributed by atoms with E-state index in [1.807, 2.05) is 60.4 Å². The number of aryl methyl sites for hydroxylation is 1. The molecular formula is C27H25FN4O. The summed E-state index contributed by atoms with van der Waals surface area (Å²) in [7, 11) is 0. The molecule has 33 heavy (non-hydrogen) atoms. The molecule has 166 valence electrons. The molecule has 0 saturated carbocycles. The second-order valence-electron chi connectivity index (χ2n) is 8.37. The Bertz CT molecular complexity index is 1300. The Morgan fingerprint density at radius 1 is 0.848 bits per heavy atom. The van der Waals surface area contributed by atoms with Gasteiger partial charge in [0.1, 0.15) is 5.82 Å². The normalized spacial score (nSPS) is 13.7. The predicted molar refractivity (Wildman–Crippen MR) is 128 cm³/mol. The zero-order chi connectivity index (χ0) is 22.8. The van der Waals surface area contributed by atoms with Gasteiger partial charge in [-0.2, -0.15) is 0 Å². The van der Waals surface area contributed by atoms with Crippen molar-refractivity contribution in [2.24, 2.45) is 0 Å². The molecule has 5 rings (SSSR count). The van der Waals surface area contributed by atoms with Crippen molar-refractivity contribution >= 4 is 11.6 Å². The molecule has 0 N–H and O–H groups in total. The third kappa shape index (κ3) is 4.43. The van der Waals surface area contributed by atoms with Crippen LogP contribution in [0.1, 0.15) is 22.4 Å². The van der Waals surface area contributed by atoms with Gasteiger partial charge in [-0.05, 0) is 42.3 Å². The van der Waals surface area contributed by atoms with E-state index in [1.165, 1.54) is 12.1 Å². The second kappa shape index (κ2) is 9.00. The lowest BCUT2D eigenvalue weighted by molar-refractivity contribution is 0.189. The van der Waals surface area contributed by atoms with Gasteiger partial charge in [0, 0.05) is 24.2 Å². The standard InChI is InChI=1S/C27H25FN4O/c1-20-25(16-21-8-4-2-5-9-21)26(33)32-19-30(17-22-10-6-3-7-11-22)18-31(27(32)29-20)24-14-12-23(28)13-15-24/h2-15H,16-19H2,1H3. The average molecular weight is 441 g/mol. The Kier molecular flexibility index (Phi) is 5.75. The van der Waals surface area contributed by atoms with Crippen molar-refractivity contribution in [3.05, 3.63) is 123 Å². The van der Waals surface area contributed by atoms with Crippen molar-refractivity contribution in [2.75, 3.05) is 11.6 Å². The summed E-state index contributed by atoms with van der Waals surface area (Å²) in [6.45, 7) is 3.56. The van der Waals surface area contributed by atoms with E-state index >= 15 is 0 Å². The molecule has 0 fully saturated rings. The van der Waals surface area contributed by atoms with Crippen molar-refractivity contribution in [1.29, 1.82) is 0 Å². The Morgan fingerprint density at radius 3 is 2.15 bits per heavy atom. The molecule has 0 bridgehead atoms. The highest BCUT2D eigenvalue weighted by Gasteiger charge is 2.28. The van der Waals surface area contributed by atoms with Crippen molar-refractivity contribution < 1.29 is 4.39 Å². The summed E-state index contributed by atoms with van der Waals surface area (Å²) >= 11 is 0. The molecule has 1 aliphatic rings. The summed E-state index contributed by atoms with van der Waals surface area (Å²) in [6, 6.07) is 26.5. The van der Waals surface area contributed by atoms with Gasteiger partial charge in [0.05, 0.1) is 19.0 Å². The highest BCUT2D eigenvalue weighted by atomic mass is 19.1. The fraction of sp³-hybridized carbons (Fsp3) is 0.185. The predicted octanol–water partition coefficient (Wildman–Crippen LogP) is 4.85. The van der Waals surface area contributed by atoms with Crippen LogP contribution in [0.4, 0.5) is 16.0 Å². The van der Waals surface area contributed by atoms with E-state index < -0.39 is 0 Å². The smallest absolute Gasteiger partial charge is 0.259 e. The first-order valence-electron chi connectivity index (χ1n) is 11.0. The van der Waals surface area contributed by atoms with Gasteiger partial charge in [0.2, 0.25) is 5.95 Å². The minimum atomic E-state index is -0.295. The van der Waals surface area contributed by atoms with Crippen molar-refractivity contribution in [2.45, 2.75) is 26.6 Å².